The molecular weight excluding hydrogens is 258 g/mol. The van der Waals surface area contributed by atoms with Crippen LogP contribution in [-0.2, 0) is 4.79 Å². The Labute approximate surface area is 123 Å². The number of alkyl halides is 1. The van der Waals surface area contributed by atoms with Gasteiger partial charge in [0, 0.05) is 19.5 Å². The summed E-state index contributed by atoms with van der Waals surface area (Å²) in [5.74, 6) is 0.311. The van der Waals surface area contributed by atoms with Crippen molar-refractivity contribution in [3.05, 3.63) is 0 Å². The van der Waals surface area contributed by atoms with Crippen LogP contribution in [0.3, 0.4) is 0 Å². The monoisotopic (exact) mass is 287 g/mol. The van der Waals surface area contributed by atoms with Gasteiger partial charge in [-0.3, -0.25) is 4.79 Å². The highest BCUT2D eigenvalue weighted by atomic mass is 35.5. The van der Waals surface area contributed by atoms with Gasteiger partial charge < -0.3 is 4.90 Å². The molecule has 3 heteroatoms. The van der Waals surface area contributed by atoms with Gasteiger partial charge in [-0.25, -0.2) is 0 Å². The Balaban J connectivity index is 1.86. The summed E-state index contributed by atoms with van der Waals surface area (Å²) in [4.78, 5) is 13.8. The van der Waals surface area contributed by atoms with Crippen molar-refractivity contribution in [2.45, 2.75) is 82.9 Å². The average molecular weight is 288 g/mol. The maximum absolute atomic E-state index is 11.9. The summed E-state index contributed by atoms with van der Waals surface area (Å²) >= 11 is 6.01. The Morgan fingerprint density at radius 1 is 1.05 bits per heavy atom. The van der Waals surface area contributed by atoms with Crippen LogP contribution in [0.25, 0.3) is 0 Å². The summed E-state index contributed by atoms with van der Waals surface area (Å²) < 4.78 is 0. The number of likely N-dealkylation sites (tertiary alicyclic amines) is 1. The van der Waals surface area contributed by atoms with Gasteiger partial charge in [-0.2, -0.15) is 0 Å². The van der Waals surface area contributed by atoms with Gasteiger partial charge in [0.25, 0.3) is 0 Å². The van der Waals surface area contributed by atoms with E-state index in [2.05, 4.69) is 6.92 Å². The molecule has 0 N–H and O–H groups in total. The third kappa shape index (κ3) is 7.81. The molecule has 1 heterocycles. The van der Waals surface area contributed by atoms with Crippen LogP contribution in [-0.4, -0.2) is 29.3 Å². The fourth-order valence-corrected chi connectivity index (χ4v) is 2.95. The second-order valence-corrected chi connectivity index (χ2v) is 6.42. The van der Waals surface area contributed by atoms with Gasteiger partial charge in [0.15, 0.2) is 0 Å². The third-order valence-corrected chi connectivity index (χ3v) is 4.33. The lowest BCUT2D eigenvalue weighted by Crippen LogP contribution is -2.28. The normalized spacial score (nSPS) is 19.1. The number of carbonyl (C=O) groups is 1. The fourth-order valence-electron chi connectivity index (χ4n) is 2.69. The number of nitrogens with zero attached hydrogens (tertiary/aromatic N) is 1. The number of rotatable bonds is 10. The molecular formula is C16H30ClNO. The highest BCUT2D eigenvalue weighted by molar-refractivity contribution is 6.21. The lowest BCUT2D eigenvalue weighted by Gasteiger charge is -2.15. The molecule has 1 saturated heterocycles. The first-order valence-electron chi connectivity index (χ1n) is 8.16. The van der Waals surface area contributed by atoms with Gasteiger partial charge in [-0.15, -0.1) is 11.6 Å². The molecule has 0 aliphatic carbocycles. The van der Waals surface area contributed by atoms with E-state index in [1.165, 1.54) is 51.4 Å². The summed E-state index contributed by atoms with van der Waals surface area (Å²) in [5.41, 5.74) is 0. The zero-order valence-electron chi connectivity index (χ0n) is 12.5. The van der Waals surface area contributed by atoms with Crippen molar-refractivity contribution in [3.63, 3.8) is 0 Å². The van der Waals surface area contributed by atoms with Crippen LogP contribution >= 0.6 is 11.6 Å². The molecule has 112 valence electrons. The van der Waals surface area contributed by atoms with Gasteiger partial charge >= 0.3 is 0 Å². The molecule has 0 radical (unpaired) electrons. The van der Waals surface area contributed by atoms with E-state index < -0.39 is 0 Å². The molecule has 1 unspecified atom stereocenters. The van der Waals surface area contributed by atoms with Crippen LogP contribution in [0.15, 0.2) is 0 Å². The Hall–Kier alpha value is -0.240. The van der Waals surface area contributed by atoms with E-state index in [1.807, 2.05) is 4.90 Å². The van der Waals surface area contributed by atoms with Gasteiger partial charge in [0.1, 0.15) is 0 Å². The highest BCUT2D eigenvalue weighted by Gasteiger charge is 2.23. The molecule has 19 heavy (non-hydrogen) atoms. The largest absolute Gasteiger partial charge is 0.341 e. The Morgan fingerprint density at radius 2 is 1.63 bits per heavy atom. The van der Waals surface area contributed by atoms with E-state index in [0.717, 1.165) is 32.4 Å². The van der Waals surface area contributed by atoms with Crippen LogP contribution in [0.2, 0.25) is 0 Å². The summed E-state index contributed by atoms with van der Waals surface area (Å²) in [6, 6.07) is 0. The molecule has 1 atom stereocenters. The second kappa shape index (κ2) is 10.5. The maximum Gasteiger partial charge on any atom is 0.222 e. The zero-order valence-corrected chi connectivity index (χ0v) is 13.3. The molecule has 0 bridgehead atoms. The number of unbranched alkanes of at least 4 members (excludes halogenated alkanes) is 8. The molecule has 1 amide bonds. The lowest BCUT2D eigenvalue weighted by atomic mass is 10.1. The summed E-state index contributed by atoms with van der Waals surface area (Å²) in [5, 5.41) is 0.187. The van der Waals surface area contributed by atoms with Gasteiger partial charge in [0.2, 0.25) is 5.91 Å². The summed E-state index contributed by atoms with van der Waals surface area (Å²) in [6.45, 7) is 3.88. The minimum absolute atomic E-state index is 0.187. The van der Waals surface area contributed by atoms with Crippen molar-refractivity contribution in [3.8, 4) is 0 Å². The van der Waals surface area contributed by atoms with Crippen molar-refractivity contribution >= 4 is 17.5 Å². The van der Waals surface area contributed by atoms with E-state index in [-0.39, 0.29) is 5.38 Å². The molecule has 1 rings (SSSR count). The first-order valence-corrected chi connectivity index (χ1v) is 8.59. The van der Waals surface area contributed by atoms with Gasteiger partial charge in [-0.1, -0.05) is 58.3 Å². The number of hydrogen-bond donors (Lipinski definition) is 0. The Morgan fingerprint density at radius 3 is 2.16 bits per heavy atom. The number of hydrogen-bond acceptors (Lipinski definition) is 1. The molecule has 0 saturated carbocycles. The molecule has 2 nitrogen and oxygen atoms in total. The summed E-state index contributed by atoms with van der Waals surface area (Å²) in [7, 11) is 0. The van der Waals surface area contributed by atoms with Crippen LogP contribution in [0.4, 0.5) is 0 Å². The van der Waals surface area contributed by atoms with Crippen molar-refractivity contribution in [2.75, 3.05) is 13.1 Å². The second-order valence-electron chi connectivity index (χ2n) is 5.80. The van der Waals surface area contributed by atoms with Crippen molar-refractivity contribution in [1.29, 1.82) is 0 Å². The molecule has 0 spiro atoms. The Bertz CT molecular complexity index is 245. The smallest absolute Gasteiger partial charge is 0.222 e. The number of carbonyl (C=O) groups excluding carboxylic acids is 1. The Kier molecular flexibility index (Phi) is 9.32. The SMILES string of the molecule is CCCCCCCCCCCC(=O)N1CCC(Cl)C1. The van der Waals surface area contributed by atoms with Crippen molar-refractivity contribution in [2.24, 2.45) is 0 Å². The molecule has 0 aromatic carbocycles. The first-order chi connectivity index (χ1) is 9.24. The molecule has 0 aromatic rings. The number of halogens is 1. The average Bonchev–Trinajstić information content (AvgIpc) is 2.83. The topological polar surface area (TPSA) is 20.3 Å². The van der Waals surface area contributed by atoms with E-state index in [4.69, 9.17) is 11.6 Å². The van der Waals surface area contributed by atoms with Gasteiger partial charge in [-0.05, 0) is 12.8 Å². The third-order valence-electron chi connectivity index (χ3n) is 3.98. The predicted octanol–water partition coefficient (Wildman–Crippen LogP) is 4.75. The molecule has 1 fully saturated rings. The number of amides is 1. The highest BCUT2D eigenvalue weighted by Crippen LogP contribution is 2.17. The minimum Gasteiger partial charge on any atom is -0.341 e. The fraction of sp³-hybridized carbons (Fsp3) is 0.938. The lowest BCUT2D eigenvalue weighted by molar-refractivity contribution is -0.130. The molecule has 0 aromatic heterocycles. The van der Waals surface area contributed by atoms with Crippen LogP contribution < -0.4 is 0 Å². The molecule has 1 aliphatic heterocycles. The van der Waals surface area contributed by atoms with Crippen LogP contribution in [0, 0.1) is 0 Å². The first kappa shape index (κ1) is 16.8. The predicted molar refractivity (Wildman–Crippen MR) is 82.7 cm³/mol. The summed E-state index contributed by atoms with van der Waals surface area (Å²) in [6.07, 6.45) is 13.4. The molecule has 1 aliphatic rings. The van der Waals surface area contributed by atoms with Crippen molar-refractivity contribution in [1.82, 2.24) is 4.90 Å². The zero-order chi connectivity index (χ0) is 13.9. The van der Waals surface area contributed by atoms with Crippen LogP contribution in [0.1, 0.15) is 77.6 Å². The maximum atomic E-state index is 11.9. The van der Waals surface area contributed by atoms with Crippen LogP contribution in [0.5, 0.6) is 0 Å². The minimum atomic E-state index is 0.187. The van der Waals surface area contributed by atoms with E-state index in [1.54, 1.807) is 0 Å². The van der Waals surface area contributed by atoms with Crippen molar-refractivity contribution < 1.29 is 4.79 Å². The quantitative estimate of drug-likeness (QED) is 0.419. The van der Waals surface area contributed by atoms with Gasteiger partial charge in [0.05, 0.1) is 5.38 Å². The van der Waals surface area contributed by atoms with E-state index in [0.29, 0.717) is 5.91 Å². The van der Waals surface area contributed by atoms with E-state index >= 15 is 0 Å². The standard InChI is InChI=1S/C16H30ClNO/c1-2-3-4-5-6-7-8-9-10-11-16(19)18-13-12-15(17)14-18/h15H,2-14H2,1H3. The van der Waals surface area contributed by atoms with E-state index in [9.17, 15) is 4.79 Å².